The fraction of sp³-hybridized carbons (Fsp3) is 0.100. The third kappa shape index (κ3) is 2.56. The van der Waals surface area contributed by atoms with Gasteiger partial charge in [0, 0.05) is 5.69 Å². The Kier molecular flexibility index (Phi) is 3.48. The highest BCUT2D eigenvalue weighted by Gasteiger charge is 2.02. The Labute approximate surface area is 101 Å². The second-order valence-corrected chi connectivity index (χ2v) is 4.09. The van der Waals surface area contributed by atoms with Crippen LogP contribution in [0.5, 0.6) is 0 Å². The first kappa shape index (κ1) is 11.0. The summed E-state index contributed by atoms with van der Waals surface area (Å²) in [6.45, 7) is 0. The van der Waals surface area contributed by atoms with Gasteiger partial charge in [0.25, 0.3) is 0 Å². The van der Waals surface area contributed by atoms with Crippen molar-refractivity contribution in [2.75, 3.05) is 11.2 Å². The fourth-order valence-electron chi connectivity index (χ4n) is 1.21. The molecule has 1 heterocycles. The normalized spacial score (nSPS) is 10.1. The van der Waals surface area contributed by atoms with Crippen LogP contribution in [-0.4, -0.2) is 21.4 Å². The molecule has 0 bridgehead atoms. The highest BCUT2D eigenvalue weighted by molar-refractivity contribution is 7.09. The first-order valence-electron chi connectivity index (χ1n) is 4.53. The summed E-state index contributed by atoms with van der Waals surface area (Å²) in [5, 5.41) is 6.43. The van der Waals surface area contributed by atoms with E-state index in [0.29, 0.717) is 0 Å². The van der Waals surface area contributed by atoms with E-state index in [9.17, 15) is 4.79 Å². The van der Waals surface area contributed by atoms with Crippen molar-refractivity contribution in [2.24, 2.45) is 0 Å². The van der Waals surface area contributed by atoms with Crippen molar-refractivity contribution in [3.05, 3.63) is 30.5 Å². The zero-order valence-electron chi connectivity index (χ0n) is 8.18. The molecule has 1 amide bonds. The standard InChI is InChI=1S/C10H8ClN3OS/c11-5-10(15)13-8-3-1-7(2-4-8)9-6-12-14-16-9/h1-4,6H,5H2,(H,13,15). The van der Waals surface area contributed by atoms with E-state index in [0.717, 1.165) is 16.1 Å². The number of amides is 1. The van der Waals surface area contributed by atoms with Gasteiger partial charge in [0.2, 0.25) is 5.91 Å². The Balaban J connectivity index is 2.14. The number of rotatable bonds is 3. The Hall–Kier alpha value is -1.46. The molecule has 0 saturated carbocycles. The molecule has 1 N–H and O–H groups in total. The number of hydrogen-bond donors (Lipinski definition) is 1. The van der Waals surface area contributed by atoms with Crippen molar-refractivity contribution in [1.82, 2.24) is 9.59 Å². The quantitative estimate of drug-likeness (QED) is 0.855. The van der Waals surface area contributed by atoms with Crippen molar-refractivity contribution >= 4 is 34.7 Å². The van der Waals surface area contributed by atoms with Crippen LogP contribution in [0.15, 0.2) is 30.5 Å². The van der Waals surface area contributed by atoms with Gasteiger partial charge in [0.15, 0.2) is 0 Å². The smallest absolute Gasteiger partial charge is 0.239 e. The van der Waals surface area contributed by atoms with Crippen molar-refractivity contribution in [3.8, 4) is 10.4 Å². The number of alkyl halides is 1. The van der Waals surface area contributed by atoms with Crippen LogP contribution in [0.1, 0.15) is 0 Å². The molecule has 2 aromatic rings. The van der Waals surface area contributed by atoms with Crippen LogP contribution in [0, 0.1) is 0 Å². The molecule has 0 unspecified atom stereocenters. The Morgan fingerprint density at radius 1 is 1.38 bits per heavy atom. The summed E-state index contributed by atoms with van der Waals surface area (Å²) in [6, 6.07) is 7.44. The van der Waals surface area contributed by atoms with E-state index < -0.39 is 0 Å². The topological polar surface area (TPSA) is 54.9 Å². The maximum Gasteiger partial charge on any atom is 0.239 e. The molecule has 6 heteroatoms. The minimum atomic E-state index is -0.214. The molecule has 82 valence electrons. The third-order valence-corrected chi connectivity index (χ3v) is 2.89. The zero-order chi connectivity index (χ0) is 11.4. The van der Waals surface area contributed by atoms with Gasteiger partial charge >= 0.3 is 0 Å². The van der Waals surface area contributed by atoms with Crippen molar-refractivity contribution in [2.45, 2.75) is 0 Å². The van der Waals surface area contributed by atoms with E-state index in [1.54, 1.807) is 6.20 Å². The van der Waals surface area contributed by atoms with Gasteiger partial charge in [0.1, 0.15) is 5.88 Å². The maximum atomic E-state index is 11.0. The number of halogens is 1. The molecule has 4 nitrogen and oxygen atoms in total. The number of anilines is 1. The summed E-state index contributed by atoms with van der Waals surface area (Å²) < 4.78 is 3.79. The Morgan fingerprint density at radius 3 is 2.69 bits per heavy atom. The molecule has 0 spiro atoms. The summed E-state index contributed by atoms with van der Waals surface area (Å²) >= 11 is 6.72. The van der Waals surface area contributed by atoms with Crippen LogP contribution in [-0.2, 0) is 4.79 Å². The summed E-state index contributed by atoms with van der Waals surface area (Å²) in [7, 11) is 0. The predicted octanol–water partition coefficient (Wildman–Crippen LogP) is 2.38. The largest absolute Gasteiger partial charge is 0.325 e. The minimum absolute atomic E-state index is 0.0412. The number of nitrogens with zero attached hydrogens (tertiary/aromatic N) is 2. The van der Waals surface area contributed by atoms with Gasteiger partial charge in [0.05, 0.1) is 11.1 Å². The number of hydrogen-bond acceptors (Lipinski definition) is 4. The monoisotopic (exact) mass is 253 g/mol. The molecule has 0 aliphatic heterocycles. The lowest BCUT2D eigenvalue weighted by Gasteiger charge is -2.03. The number of carbonyl (C=O) groups is 1. The van der Waals surface area contributed by atoms with Crippen LogP contribution >= 0.6 is 23.1 Å². The van der Waals surface area contributed by atoms with E-state index in [2.05, 4.69) is 14.9 Å². The highest BCUT2D eigenvalue weighted by Crippen LogP contribution is 2.23. The minimum Gasteiger partial charge on any atom is -0.325 e. The van der Waals surface area contributed by atoms with E-state index in [1.807, 2.05) is 24.3 Å². The van der Waals surface area contributed by atoms with E-state index >= 15 is 0 Å². The molecular weight excluding hydrogens is 246 g/mol. The molecular formula is C10H8ClN3OS. The van der Waals surface area contributed by atoms with Crippen LogP contribution in [0.25, 0.3) is 10.4 Å². The summed E-state index contributed by atoms with van der Waals surface area (Å²) in [5.74, 6) is -0.255. The van der Waals surface area contributed by atoms with Crippen molar-refractivity contribution in [3.63, 3.8) is 0 Å². The van der Waals surface area contributed by atoms with Gasteiger partial charge in [-0.05, 0) is 29.2 Å². The zero-order valence-corrected chi connectivity index (χ0v) is 9.76. The summed E-state index contributed by atoms with van der Waals surface area (Å²) in [5.41, 5.74) is 1.76. The fourth-order valence-corrected chi connectivity index (χ4v) is 1.79. The second-order valence-electron chi connectivity index (χ2n) is 3.04. The van der Waals surface area contributed by atoms with Gasteiger partial charge in [-0.3, -0.25) is 4.79 Å². The predicted molar refractivity (Wildman–Crippen MR) is 64.7 cm³/mol. The van der Waals surface area contributed by atoms with Gasteiger partial charge < -0.3 is 5.32 Å². The average molecular weight is 254 g/mol. The van der Waals surface area contributed by atoms with E-state index in [-0.39, 0.29) is 11.8 Å². The van der Waals surface area contributed by atoms with Crippen molar-refractivity contribution in [1.29, 1.82) is 0 Å². The molecule has 0 saturated heterocycles. The molecule has 1 aromatic heterocycles. The van der Waals surface area contributed by atoms with E-state index in [4.69, 9.17) is 11.6 Å². The summed E-state index contributed by atoms with van der Waals surface area (Å²) in [6.07, 6.45) is 1.71. The average Bonchev–Trinajstić information content (AvgIpc) is 2.83. The summed E-state index contributed by atoms with van der Waals surface area (Å²) in [4.78, 5) is 12.0. The number of nitrogens with one attached hydrogen (secondary N) is 1. The molecule has 0 aliphatic carbocycles. The lowest BCUT2D eigenvalue weighted by atomic mass is 10.2. The lowest BCUT2D eigenvalue weighted by molar-refractivity contribution is -0.113. The van der Waals surface area contributed by atoms with Gasteiger partial charge in [-0.25, -0.2) is 0 Å². The van der Waals surface area contributed by atoms with Crippen LogP contribution < -0.4 is 5.32 Å². The number of benzene rings is 1. The molecule has 2 rings (SSSR count). The number of carbonyl (C=O) groups excluding carboxylic acids is 1. The van der Waals surface area contributed by atoms with Gasteiger partial charge in [-0.15, -0.1) is 16.7 Å². The maximum absolute atomic E-state index is 11.0. The SMILES string of the molecule is O=C(CCl)Nc1ccc(-c2cnns2)cc1. The second kappa shape index (κ2) is 5.05. The molecule has 1 aromatic carbocycles. The molecule has 0 fully saturated rings. The Morgan fingerprint density at radius 2 is 2.12 bits per heavy atom. The molecule has 16 heavy (non-hydrogen) atoms. The van der Waals surface area contributed by atoms with Crippen molar-refractivity contribution < 1.29 is 4.79 Å². The van der Waals surface area contributed by atoms with Gasteiger partial charge in [-0.2, -0.15) is 0 Å². The van der Waals surface area contributed by atoms with Crippen LogP contribution in [0.4, 0.5) is 5.69 Å². The van der Waals surface area contributed by atoms with E-state index in [1.165, 1.54) is 11.5 Å². The lowest BCUT2D eigenvalue weighted by Crippen LogP contribution is -2.12. The van der Waals surface area contributed by atoms with Crippen LogP contribution in [0.3, 0.4) is 0 Å². The number of aromatic nitrogens is 2. The highest BCUT2D eigenvalue weighted by atomic mass is 35.5. The van der Waals surface area contributed by atoms with Crippen LogP contribution in [0.2, 0.25) is 0 Å². The molecule has 0 aliphatic rings. The van der Waals surface area contributed by atoms with Gasteiger partial charge in [-0.1, -0.05) is 16.6 Å². The Bertz CT molecular complexity index is 469. The first-order valence-corrected chi connectivity index (χ1v) is 5.84. The molecule has 0 radical (unpaired) electrons. The third-order valence-electron chi connectivity index (χ3n) is 1.94. The molecule has 0 atom stereocenters. The first-order chi connectivity index (χ1) is 7.79.